The van der Waals surface area contributed by atoms with Crippen molar-refractivity contribution in [3.63, 3.8) is 0 Å². The van der Waals surface area contributed by atoms with Gasteiger partial charge in [0, 0.05) is 17.1 Å². The maximum atomic E-state index is 11.3. The Balaban J connectivity index is 1.93. The fourth-order valence-corrected chi connectivity index (χ4v) is 2.16. The maximum absolute atomic E-state index is 11.3. The Kier molecular flexibility index (Phi) is 5.25. The number of methoxy groups -OCH3 is 1. The molecule has 1 aromatic heterocycles. The summed E-state index contributed by atoms with van der Waals surface area (Å²) in [6.07, 6.45) is 3.30. The summed E-state index contributed by atoms with van der Waals surface area (Å²) in [5.74, 6) is -0.0564. The summed E-state index contributed by atoms with van der Waals surface area (Å²) in [5, 5.41) is 1.09. The van der Waals surface area contributed by atoms with Crippen LogP contribution >= 0.6 is 34.8 Å². The fourth-order valence-electron chi connectivity index (χ4n) is 2.00. The molecule has 0 spiro atoms. The minimum Gasteiger partial charge on any atom is -0.497 e. The van der Waals surface area contributed by atoms with E-state index in [0.29, 0.717) is 6.42 Å². The Labute approximate surface area is 137 Å². The molecule has 1 heterocycles. The van der Waals surface area contributed by atoms with Gasteiger partial charge in [-0.05, 0) is 36.6 Å². The highest BCUT2D eigenvalue weighted by atomic mass is 35.6. The number of H-pyrrole nitrogens is 1. The second-order valence-corrected chi connectivity index (χ2v) is 6.74. The highest BCUT2D eigenvalue weighted by Gasteiger charge is 2.32. The highest BCUT2D eigenvalue weighted by molar-refractivity contribution is 6.75. The number of aromatic nitrogens is 1. The molecule has 0 atom stereocenters. The molecule has 0 aliphatic carbocycles. The summed E-state index contributed by atoms with van der Waals surface area (Å²) in [6, 6.07) is 5.82. The number of carbonyl (C=O) groups is 1. The molecule has 0 saturated heterocycles. The van der Waals surface area contributed by atoms with E-state index < -0.39 is 9.76 Å². The van der Waals surface area contributed by atoms with Crippen molar-refractivity contribution in [2.45, 2.75) is 16.6 Å². The summed E-state index contributed by atoms with van der Waals surface area (Å²) in [4.78, 5) is 14.5. The van der Waals surface area contributed by atoms with Crippen molar-refractivity contribution in [2.24, 2.45) is 0 Å². The Morgan fingerprint density at radius 1 is 1.33 bits per heavy atom. The number of rotatable bonds is 5. The molecular weight excluding hydrogens is 337 g/mol. The number of hydrogen-bond acceptors (Lipinski definition) is 3. The Hall–Kier alpha value is -1.10. The molecule has 1 aromatic carbocycles. The van der Waals surface area contributed by atoms with Crippen molar-refractivity contribution in [2.75, 3.05) is 13.7 Å². The molecule has 2 rings (SSSR count). The summed E-state index contributed by atoms with van der Waals surface area (Å²) < 4.78 is 8.09. The Morgan fingerprint density at radius 3 is 2.76 bits per heavy atom. The van der Waals surface area contributed by atoms with Gasteiger partial charge in [0.25, 0.3) is 3.79 Å². The van der Waals surface area contributed by atoms with Crippen LogP contribution in [0.5, 0.6) is 5.75 Å². The first-order valence-corrected chi connectivity index (χ1v) is 7.43. The standard InChI is InChI=1S/C14H14Cl3NO3/c1-20-10-4-5-12-11(7-10)9(8-18-12)3-2-6-21-13(19)14(15,16)17/h4-5,7-8,18H,2-3,6H2,1H3. The smallest absolute Gasteiger partial charge is 0.358 e. The normalized spacial score (nSPS) is 11.6. The van der Waals surface area contributed by atoms with Crippen molar-refractivity contribution < 1.29 is 14.3 Å². The Bertz CT molecular complexity index is 634. The first-order valence-electron chi connectivity index (χ1n) is 6.30. The number of halogens is 3. The molecule has 114 valence electrons. The van der Waals surface area contributed by atoms with E-state index in [1.165, 1.54) is 0 Å². The monoisotopic (exact) mass is 349 g/mol. The summed E-state index contributed by atoms with van der Waals surface area (Å²) in [5.41, 5.74) is 2.15. The van der Waals surface area contributed by atoms with Gasteiger partial charge in [-0.3, -0.25) is 0 Å². The molecule has 7 heteroatoms. The molecule has 0 amide bonds. The molecule has 0 aliphatic rings. The lowest BCUT2D eigenvalue weighted by Crippen LogP contribution is -2.22. The van der Waals surface area contributed by atoms with Gasteiger partial charge in [-0.25, -0.2) is 4.79 Å². The van der Waals surface area contributed by atoms with Crippen molar-refractivity contribution in [3.05, 3.63) is 30.0 Å². The first kappa shape index (κ1) is 16.3. The summed E-state index contributed by atoms with van der Waals surface area (Å²) in [6.45, 7) is 0.198. The average molecular weight is 351 g/mol. The maximum Gasteiger partial charge on any atom is 0.358 e. The van der Waals surface area contributed by atoms with E-state index in [4.69, 9.17) is 44.3 Å². The van der Waals surface area contributed by atoms with E-state index in [2.05, 4.69) is 4.98 Å². The number of aromatic amines is 1. The molecule has 0 fully saturated rings. The lowest BCUT2D eigenvalue weighted by atomic mass is 10.1. The summed E-state index contributed by atoms with van der Waals surface area (Å²) >= 11 is 16.2. The molecule has 1 N–H and O–H groups in total. The number of esters is 1. The number of aryl methyl sites for hydroxylation is 1. The molecule has 0 saturated carbocycles. The number of alkyl halides is 3. The SMILES string of the molecule is COc1ccc2[nH]cc(CCCOC(=O)C(Cl)(Cl)Cl)c2c1. The third-order valence-corrected chi connectivity index (χ3v) is 3.49. The largest absolute Gasteiger partial charge is 0.497 e. The van der Waals surface area contributed by atoms with Crippen molar-refractivity contribution in [1.82, 2.24) is 4.98 Å². The minimum atomic E-state index is -2.02. The zero-order valence-corrected chi connectivity index (χ0v) is 13.6. The van der Waals surface area contributed by atoms with Crippen molar-refractivity contribution >= 4 is 51.7 Å². The average Bonchev–Trinajstić information content (AvgIpc) is 2.84. The zero-order chi connectivity index (χ0) is 15.5. The van der Waals surface area contributed by atoms with Crippen LogP contribution in [0.25, 0.3) is 10.9 Å². The first-order chi connectivity index (χ1) is 9.91. The van der Waals surface area contributed by atoms with Crippen LogP contribution < -0.4 is 4.74 Å². The molecule has 0 aliphatic heterocycles. The van der Waals surface area contributed by atoms with Crippen LogP contribution in [0, 0.1) is 0 Å². The predicted molar refractivity (Wildman–Crippen MR) is 84.4 cm³/mol. The Morgan fingerprint density at radius 2 is 2.10 bits per heavy atom. The van der Waals surface area contributed by atoms with Crippen LogP contribution in [0.15, 0.2) is 24.4 Å². The number of ether oxygens (including phenoxy) is 2. The quantitative estimate of drug-likeness (QED) is 0.503. The van der Waals surface area contributed by atoms with Gasteiger partial charge in [0.15, 0.2) is 0 Å². The number of benzene rings is 1. The predicted octanol–water partition coefficient (Wildman–Crippen LogP) is 4.02. The van der Waals surface area contributed by atoms with Crippen LogP contribution in [-0.2, 0) is 16.0 Å². The number of hydrogen-bond donors (Lipinski definition) is 1. The van der Waals surface area contributed by atoms with E-state index >= 15 is 0 Å². The number of fused-ring (bicyclic) bond motifs is 1. The van der Waals surface area contributed by atoms with E-state index in [0.717, 1.165) is 28.6 Å². The molecule has 2 aromatic rings. The minimum absolute atomic E-state index is 0.198. The van der Waals surface area contributed by atoms with E-state index in [9.17, 15) is 4.79 Å². The lowest BCUT2D eigenvalue weighted by molar-refractivity contribution is -0.142. The number of carbonyl (C=O) groups excluding carboxylic acids is 1. The van der Waals surface area contributed by atoms with E-state index in [-0.39, 0.29) is 6.61 Å². The van der Waals surface area contributed by atoms with Gasteiger partial charge in [-0.1, -0.05) is 34.8 Å². The lowest BCUT2D eigenvalue weighted by Gasteiger charge is -2.10. The highest BCUT2D eigenvalue weighted by Crippen LogP contribution is 2.28. The second-order valence-electron chi connectivity index (χ2n) is 4.46. The third-order valence-electron chi connectivity index (χ3n) is 3.03. The second kappa shape index (κ2) is 6.77. The van der Waals surface area contributed by atoms with Crippen molar-refractivity contribution in [1.29, 1.82) is 0 Å². The van der Waals surface area contributed by atoms with Crippen LogP contribution in [0.4, 0.5) is 0 Å². The van der Waals surface area contributed by atoms with Crippen LogP contribution in [0.2, 0.25) is 0 Å². The van der Waals surface area contributed by atoms with Gasteiger partial charge in [0.05, 0.1) is 13.7 Å². The summed E-state index contributed by atoms with van der Waals surface area (Å²) in [7, 11) is 1.63. The molecule has 0 radical (unpaired) electrons. The number of nitrogens with one attached hydrogen (secondary N) is 1. The van der Waals surface area contributed by atoms with Gasteiger partial charge < -0.3 is 14.5 Å². The van der Waals surface area contributed by atoms with Gasteiger partial charge in [-0.15, -0.1) is 0 Å². The fraction of sp³-hybridized carbons (Fsp3) is 0.357. The topological polar surface area (TPSA) is 51.3 Å². The van der Waals surface area contributed by atoms with Crippen molar-refractivity contribution in [3.8, 4) is 5.75 Å². The zero-order valence-electron chi connectivity index (χ0n) is 11.3. The van der Waals surface area contributed by atoms with E-state index in [1.54, 1.807) is 7.11 Å². The van der Waals surface area contributed by atoms with Gasteiger partial charge in [-0.2, -0.15) is 0 Å². The van der Waals surface area contributed by atoms with Gasteiger partial charge >= 0.3 is 5.97 Å². The molecular formula is C14H14Cl3NO3. The van der Waals surface area contributed by atoms with E-state index in [1.807, 2.05) is 24.4 Å². The van der Waals surface area contributed by atoms with Gasteiger partial charge in [0.2, 0.25) is 0 Å². The van der Waals surface area contributed by atoms with Gasteiger partial charge in [0.1, 0.15) is 5.75 Å². The molecule has 21 heavy (non-hydrogen) atoms. The molecule has 0 unspecified atom stereocenters. The van der Waals surface area contributed by atoms with Crippen LogP contribution in [0.3, 0.4) is 0 Å². The third kappa shape index (κ3) is 4.19. The molecule has 4 nitrogen and oxygen atoms in total. The van der Waals surface area contributed by atoms with Crippen LogP contribution in [0.1, 0.15) is 12.0 Å². The van der Waals surface area contributed by atoms with Crippen LogP contribution in [-0.4, -0.2) is 28.5 Å². The molecule has 0 bridgehead atoms.